The van der Waals surface area contributed by atoms with E-state index in [2.05, 4.69) is 16.2 Å². The molecule has 0 radical (unpaired) electrons. The van der Waals surface area contributed by atoms with E-state index in [1.165, 1.54) is 0 Å². The molecule has 0 saturated carbocycles. The molecule has 100 valence electrons. The van der Waals surface area contributed by atoms with Gasteiger partial charge >= 0.3 is 0 Å². The fraction of sp³-hybridized carbons (Fsp3) is 0.375. The van der Waals surface area contributed by atoms with E-state index in [9.17, 15) is 0 Å². The van der Waals surface area contributed by atoms with Crippen LogP contribution in [0.4, 0.5) is 5.82 Å². The molecule has 0 fully saturated rings. The molecule has 1 aromatic rings. The summed E-state index contributed by atoms with van der Waals surface area (Å²) < 4.78 is 36.0. The van der Waals surface area contributed by atoms with Gasteiger partial charge in [0.1, 0.15) is 6.20 Å². The third-order valence-electron chi connectivity index (χ3n) is 2.01. The average Bonchev–Trinajstić information content (AvgIpc) is 2.18. The van der Waals surface area contributed by atoms with E-state index in [1.807, 2.05) is 18.5 Å². The van der Waals surface area contributed by atoms with Gasteiger partial charge in [-0.15, -0.1) is 10.2 Å². The molecule has 0 aliphatic carbocycles. The number of hydrogen-bond acceptors (Lipinski definition) is 8. The van der Waals surface area contributed by atoms with Gasteiger partial charge in [0.2, 0.25) is 0 Å². The van der Waals surface area contributed by atoms with Gasteiger partial charge in [-0.25, -0.2) is 23.2 Å². The molecule has 0 amide bonds. The van der Waals surface area contributed by atoms with Crippen LogP contribution in [-0.2, 0) is 12.8 Å². The minimum atomic E-state index is -4.94. The molecule has 1 aliphatic rings. The second-order valence-electron chi connectivity index (χ2n) is 3.36. The van der Waals surface area contributed by atoms with Crippen molar-refractivity contribution in [2.75, 3.05) is 0 Å². The highest BCUT2D eigenvalue weighted by molar-refractivity contribution is 8.13. The maximum Gasteiger partial charge on any atom is 0.297 e. The monoisotopic (exact) mass is 294 g/mol. The van der Waals surface area contributed by atoms with Crippen LogP contribution in [-0.4, -0.2) is 10.2 Å². The van der Waals surface area contributed by atoms with E-state index in [1.54, 1.807) is 11.8 Å². The normalized spacial score (nSPS) is 14.2. The molecule has 8 nitrogen and oxygen atoms in total. The summed E-state index contributed by atoms with van der Waals surface area (Å²) in [5.41, 5.74) is 6.75. The van der Waals surface area contributed by atoms with E-state index in [4.69, 9.17) is 24.4 Å². The predicted molar refractivity (Wildman–Crippen MR) is 52.7 cm³/mol. The Kier molecular flexibility index (Phi) is 4.85. The third kappa shape index (κ3) is 5.12. The number of fused-ring (bicyclic) bond motifs is 1. The molecule has 2 heterocycles. The van der Waals surface area contributed by atoms with Crippen molar-refractivity contribution >= 4 is 22.7 Å². The van der Waals surface area contributed by atoms with E-state index < -0.39 is 10.2 Å². The minimum Gasteiger partial charge on any atom is -0.378 e. The molecule has 1 aromatic heterocycles. The van der Waals surface area contributed by atoms with Crippen LogP contribution in [0, 0.1) is 17.2 Å². The van der Waals surface area contributed by atoms with Crippen LogP contribution in [0.5, 0.6) is 0 Å². The zero-order valence-electron chi connectivity index (χ0n) is 9.62. The van der Waals surface area contributed by atoms with Crippen molar-refractivity contribution in [3.8, 4) is 0 Å². The molecule has 18 heavy (non-hydrogen) atoms. The first-order valence-electron chi connectivity index (χ1n) is 4.61. The van der Waals surface area contributed by atoms with Crippen molar-refractivity contribution in [3.63, 3.8) is 0 Å². The number of halogens is 1. The number of nitrogens with zero attached hydrogens (tertiary/aromatic N) is 3. The standard InChI is InChI=1S/C8H10N4S.ClHO4/c1-5-10-7-6(3-12(5)2)4-13-8(9)11-7;2-1(3,4)5/h3,9H,4H2,1-2H3;(H,2,3,4,5). The molecule has 2 rings (SSSR count). The van der Waals surface area contributed by atoms with Gasteiger partial charge in [-0.2, -0.15) is 4.99 Å². The van der Waals surface area contributed by atoms with Crippen LogP contribution in [0.25, 0.3) is 0 Å². The Morgan fingerprint density at radius 2 is 1.94 bits per heavy atom. The number of amidine groups is 1. The summed E-state index contributed by atoms with van der Waals surface area (Å²) in [7, 11) is -2.96. The lowest BCUT2D eigenvalue weighted by Gasteiger charge is -2.17. The number of nitrogens with two attached hydrogens (primary N) is 1. The van der Waals surface area contributed by atoms with Crippen molar-refractivity contribution in [1.29, 1.82) is 0 Å². The Hall–Kier alpha value is -0.970. The Morgan fingerprint density at radius 1 is 1.39 bits per heavy atom. The van der Waals surface area contributed by atoms with E-state index in [0.29, 0.717) is 5.17 Å². The Labute approximate surface area is 110 Å². The highest BCUT2D eigenvalue weighted by Crippen LogP contribution is 2.26. The van der Waals surface area contributed by atoms with E-state index in [0.717, 1.165) is 23.0 Å². The molecule has 2 N–H and O–H groups in total. The quantitative estimate of drug-likeness (QED) is 0.475. The van der Waals surface area contributed by atoms with Crippen LogP contribution in [0.3, 0.4) is 0 Å². The molecular formula is C8H11ClN4O4S. The summed E-state index contributed by atoms with van der Waals surface area (Å²) in [5, 5.41) is 0.605. The van der Waals surface area contributed by atoms with Gasteiger partial charge in [-0.1, -0.05) is 11.8 Å². The number of aryl methyl sites for hydroxylation is 2. The van der Waals surface area contributed by atoms with Gasteiger partial charge in [-0.05, 0) is 4.98 Å². The average molecular weight is 295 g/mol. The first kappa shape index (κ1) is 15.1. The number of hydrogen-bond donors (Lipinski definition) is 1. The molecule has 0 spiro atoms. The first-order valence-corrected chi connectivity index (χ1v) is 6.83. The Bertz CT molecular complexity index is 471. The number of aromatic nitrogens is 2. The smallest absolute Gasteiger partial charge is 0.297 e. The molecule has 0 atom stereocenters. The summed E-state index contributed by atoms with van der Waals surface area (Å²) >= 11 is 1.55. The fourth-order valence-electron chi connectivity index (χ4n) is 1.18. The number of rotatable bonds is 0. The Morgan fingerprint density at radius 3 is 2.50 bits per heavy atom. The van der Waals surface area contributed by atoms with E-state index >= 15 is 0 Å². The topological polar surface area (TPSA) is 147 Å². The SMILES string of the molecule is Cc1nc2c(c[n+]1C)CSC(N)=N2.[O-][Cl+3]([O-])([O-])[O-]. The van der Waals surface area contributed by atoms with Crippen LogP contribution in [0.2, 0.25) is 0 Å². The number of aliphatic imine (C=N–C) groups is 1. The molecule has 0 aromatic carbocycles. The van der Waals surface area contributed by atoms with Crippen LogP contribution in [0.15, 0.2) is 11.2 Å². The highest BCUT2D eigenvalue weighted by Gasteiger charge is 2.19. The summed E-state index contributed by atoms with van der Waals surface area (Å²) in [6.07, 6.45) is 2.06. The summed E-state index contributed by atoms with van der Waals surface area (Å²) in [6, 6.07) is 0. The summed E-state index contributed by atoms with van der Waals surface area (Å²) in [4.78, 5) is 8.53. The lowest BCUT2D eigenvalue weighted by molar-refractivity contribution is -2.00. The van der Waals surface area contributed by atoms with Gasteiger partial charge in [-0.3, -0.25) is 0 Å². The minimum absolute atomic E-state index is 0.605. The van der Waals surface area contributed by atoms with Crippen LogP contribution >= 0.6 is 11.8 Å². The van der Waals surface area contributed by atoms with Crippen molar-refractivity contribution in [2.45, 2.75) is 12.7 Å². The second kappa shape index (κ2) is 5.78. The maximum atomic E-state index is 8.49. The predicted octanol–water partition coefficient (Wildman–Crippen LogP) is -4.35. The first-order chi connectivity index (χ1) is 8.16. The highest BCUT2D eigenvalue weighted by atomic mass is 35.7. The van der Waals surface area contributed by atoms with E-state index in [-0.39, 0.29) is 0 Å². The van der Waals surface area contributed by atoms with Gasteiger partial charge in [0.25, 0.3) is 11.6 Å². The van der Waals surface area contributed by atoms with Crippen LogP contribution in [0.1, 0.15) is 11.4 Å². The molecule has 0 saturated heterocycles. The van der Waals surface area contributed by atoms with Crippen molar-refractivity contribution in [1.82, 2.24) is 4.98 Å². The van der Waals surface area contributed by atoms with Gasteiger partial charge in [0.15, 0.2) is 5.17 Å². The lowest BCUT2D eigenvalue weighted by atomic mass is 10.3. The zero-order valence-corrected chi connectivity index (χ0v) is 11.2. The molecule has 10 heteroatoms. The molecular weight excluding hydrogens is 284 g/mol. The summed E-state index contributed by atoms with van der Waals surface area (Å²) in [5.74, 6) is 2.58. The number of thioether (sulfide) groups is 1. The largest absolute Gasteiger partial charge is 0.378 e. The van der Waals surface area contributed by atoms with Gasteiger partial charge in [0.05, 0.1) is 12.6 Å². The zero-order chi connectivity index (χ0) is 13.9. The maximum absolute atomic E-state index is 8.49. The van der Waals surface area contributed by atoms with Crippen LogP contribution < -0.4 is 28.9 Å². The van der Waals surface area contributed by atoms with Crippen molar-refractivity contribution in [3.05, 3.63) is 17.6 Å². The van der Waals surface area contributed by atoms with Crippen molar-refractivity contribution in [2.24, 2.45) is 17.8 Å². The third-order valence-corrected chi connectivity index (χ3v) is 2.85. The Balaban J connectivity index is 0.000000280. The second-order valence-corrected chi connectivity index (χ2v) is 5.12. The molecule has 0 bridgehead atoms. The van der Waals surface area contributed by atoms with Gasteiger partial charge in [0, 0.05) is 12.7 Å². The van der Waals surface area contributed by atoms with Crippen molar-refractivity contribution < 1.29 is 33.4 Å². The molecule has 0 unspecified atom stereocenters. The summed E-state index contributed by atoms with van der Waals surface area (Å²) in [6.45, 7) is 1.95. The van der Waals surface area contributed by atoms with Gasteiger partial charge < -0.3 is 5.73 Å². The molecule has 1 aliphatic heterocycles. The lowest BCUT2D eigenvalue weighted by Crippen LogP contribution is -2.68. The fourth-order valence-corrected chi connectivity index (χ4v) is 1.83.